The molecule has 214 valence electrons. The first-order valence-electron chi connectivity index (χ1n) is 13.8. The van der Waals surface area contributed by atoms with E-state index >= 15 is 0 Å². The van der Waals surface area contributed by atoms with E-state index in [1.54, 1.807) is 21.3 Å². The summed E-state index contributed by atoms with van der Waals surface area (Å²) in [6.45, 7) is 8.07. The highest BCUT2D eigenvalue weighted by atomic mass is 16.5. The lowest BCUT2D eigenvalue weighted by molar-refractivity contribution is -0.151. The molecule has 4 atom stereocenters. The second kappa shape index (κ2) is 12.6. The second-order valence-electron chi connectivity index (χ2n) is 10.2. The summed E-state index contributed by atoms with van der Waals surface area (Å²) >= 11 is 0. The predicted molar refractivity (Wildman–Crippen MR) is 153 cm³/mol. The Morgan fingerprint density at radius 2 is 1.55 bits per heavy atom. The number of esters is 1. The van der Waals surface area contributed by atoms with Gasteiger partial charge in [-0.3, -0.25) is 14.6 Å². The van der Waals surface area contributed by atoms with Crippen LogP contribution in [0, 0.1) is 5.92 Å². The molecule has 0 spiro atoms. The van der Waals surface area contributed by atoms with Gasteiger partial charge in [0.05, 0.1) is 34.0 Å². The number of allylic oxidation sites excluding steroid dienone is 2. The average Bonchev–Trinajstić information content (AvgIpc) is 2.96. The summed E-state index contributed by atoms with van der Waals surface area (Å²) in [6, 6.07) is 11.3. The highest BCUT2D eigenvalue weighted by Crippen LogP contribution is 2.48. The largest absolute Gasteiger partial charge is 0.493 e. The summed E-state index contributed by atoms with van der Waals surface area (Å²) < 4.78 is 28.0. The van der Waals surface area contributed by atoms with Crippen LogP contribution in [-0.4, -0.2) is 51.5 Å². The molecule has 2 aliphatic rings. The molecule has 0 fully saturated rings. The number of hydrogen-bond acceptors (Lipinski definition) is 8. The van der Waals surface area contributed by atoms with Crippen LogP contribution in [0.5, 0.6) is 23.0 Å². The number of hydrogen-bond donors (Lipinski definition) is 0. The lowest BCUT2D eigenvalue weighted by atomic mass is 9.69. The van der Waals surface area contributed by atoms with E-state index in [1.165, 1.54) is 0 Å². The van der Waals surface area contributed by atoms with Crippen LogP contribution in [0.25, 0.3) is 0 Å². The Kier molecular flexibility index (Phi) is 9.17. The zero-order chi connectivity index (χ0) is 29.0. The van der Waals surface area contributed by atoms with Crippen molar-refractivity contribution < 1.29 is 33.3 Å². The van der Waals surface area contributed by atoms with Gasteiger partial charge in [0.2, 0.25) is 0 Å². The molecule has 0 amide bonds. The van der Waals surface area contributed by atoms with E-state index in [1.807, 2.05) is 64.1 Å². The number of aliphatic imine (C=N–C) groups is 1. The summed E-state index contributed by atoms with van der Waals surface area (Å²) in [5, 5.41) is 0. The number of rotatable bonds is 10. The Balaban J connectivity index is 1.80. The minimum Gasteiger partial charge on any atom is -0.493 e. The first kappa shape index (κ1) is 29.2. The number of ether oxygens (including phenoxy) is 5. The van der Waals surface area contributed by atoms with Crippen LogP contribution in [0.1, 0.15) is 69.9 Å². The Morgan fingerprint density at radius 3 is 2.20 bits per heavy atom. The first-order valence-corrected chi connectivity index (χ1v) is 13.8. The maximum atomic E-state index is 14.0. The molecule has 4 unspecified atom stereocenters. The number of carbonyl (C=O) groups excluding carboxylic acids is 2. The smallest absolute Gasteiger partial charge is 0.315 e. The number of ketones is 1. The average molecular weight is 550 g/mol. The molecule has 8 nitrogen and oxygen atoms in total. The van der Waals surface area contributed by atoms with E-state index in [-0.39, 0.29) is 23.8 Å². The van der Waals surface area contributed by atoms with Crippen molar-refractivity contribution in [3.05, 3.63) is 58.8 Å². The summed E-state index contributed by atoms with van der Waals surface area (Å²) in [5.41, 5.74) is 3.67. The van der Waals surface area contributed by atoms with Gasteiger partial charge in [-0.2, -0.15) is 0 Å². The zero-order valence-electron chi connectivity index (χ0n) is 24.4. The molecule has 0 aromatic heterocycles. The zero-order valence-corrected chi connectivity index (χ0v) is 24.4. The van der Waals surface area contributed by atoms with E-state index in [2.05, 4.69) is 0 Å². The van der Waals surface area contributed by atoms with Crippen LogP contribution in [0.3, 0.4) is 0 Å². The third kappa shape index (κ3) is 5.71. The molecule has 0 saturated carbocycles. The van der Waals surface area contributed by atoms with Gasteiger partial charge in [0.25, 0.3) is 0 Å². The number of methoxy groups -OCH3 is 3. The Bertz CT molecular complexity index is 1330. The van der Waals surface area contributed by atoms with Crippen molar-refractivity contribution in [1.82, 2.24) is 0 Å². The minimum atomic E-state index is -0.725. The molecule has 0 N–H and O–H groups in total. The van der Waals surface area contributed by atoms with Gasteiger partial charge in [-0.25, -0.2) is 0 Å². The van der Waals surface area contributed by atoms with Crippen LogP contribution in [0.2, 0.25) is 0 Å². The normalized spacial score (nSPS) is 21.2. The molecule has 40 heavy (non-hydrogen) atoms. The fourth-order valence-electron chi connectivity index (χ4n) is 5.57. The van der Waals surface area contributed by atoms with Crippen molar-refractivity contribution in [1.29, 1.82) is 0 Å². The van der Waals surface area contributed by atoms with Crippen LogP contribution in [-0.2, 0) is 14.3 Å². The Hall–Kier alpha value is -3.81. The van der Waals surface area contributed by atoms with E-state index in [9.17, 15) is 9.59 Å². The maximum absolute atomic E-state index is 14.0. The third-order valence-electron chi connectivity index (χ3n) is 7.76. The van der Waals surface area contributed by atoms with Crippen molar-refractivity contribution in [3.8, 4) is 23.0 Å². The molecular weight excluding hydrogens is 510 g/mol. The molecule has 0 bridgehead atoms. The first-order chi connectivity index (χ1) is 19.3. The van der Waals surface area contributed by atoms with Crippen molar-refractivity contribution in [2.45, 2.75) is 64.9 Å². The van der Waals surface area contributed by atoms with E-state index in [0.717, 1.165) is 11.1 Å². The topological polar surface area (TPSA) is 92.7 Å². The van der Waals surface area contributed by atoms with Crippen LogP contribution in [0.4, 0.5) is 0 Å². The van der Waals surface area contributed by atoms with E-state index in [0.29, 0.717) is 65.8 Å². The van der Waals surface area contributed by atoms with Gasteiger partial charge in [-0.15, -0.1) is 0 Å². The molecule has 0 saturated heterocycles. The monoisotopic (exact) mass is 549 g/mol. The molecule has 0 radical (unpaired) electrons. The predicted octanol–water partition coefficient (Wildman–Crippen LogP) is 6.03. The quantitative estimate of drug-likeness (QED) is 0.334. The number of benzene rings is 2. The highest BCUT2D eigenvalue weighted by Gasteiger charge is 2.45. The van der Waals surface area contributed by atoms with Crippen molar-refractivity contribution in [2.24, 2.45) is 10.9 Å². The fourth-order valence-corrected chi connectivity index (χ4v) is 5.57. The number of carbonyl (C=O) groups is 2. The lowest BCUT2D eigenvalue weighted by Gasteiger charge is -2.37. The van der Waals surface area contributed by atoms with Crippen molar-refractivity contribution in [2.75, 3.05) is 27.9 Å². The number of Topliss-reactive ketones (excluding diaryl/α,β-unsaturated/α-hetero) is 1. The van der Waals surface area contributed by atoms with E-state index < -0.39 is 11.8 Å². The van der Waals surface area contributed by atoms with Crippen LogP contribution >= 0.6 is 0 Å². The van der Waals surface area contributed by atoms with Crippen molar-refractivity contribution >= 4 is 17.5 Å². The van der Waals surface area contributed by atoms with Crippen LogP contribution in [0.15, 0.2) is 52.7 Å². The van der Waals surface area contributed by atoms with Gasteiger partial charge in [0, 0.05) is 29.3 Å². The molecule has 2 aromatic carbocycles. The summed E-state index contributed by atoms with van der Waals surface area (Å²) in [7, 11) is 4.77. The fraction of sp³-hybridized carbons (Fsp3) is 0.469. The third-order valence-corrected chi connectivity index (χ3v) is 7.76. The highest BCUT2D eigenvalue weighted by molar-refractivity contribution is 6.09. The molecule has 1 aliphatic carbocycles. The summed E-state index contributed by atoms with van der Waals surface area (Å²) in [6.07, 6.45) is 1.30. The molecule has 2 aromatic rings. The Morgan fingerprint density at radius 1 is 0.925 bits per heavy atom. The summed E-state index contributed by atoms with van der Waals surface area (Å²) in [5.74, 6) is 0.626. The SMILES string of the molecule is CCOc1ccc(C2C3=C(CC(c4ccc(OC)c(OC)c4)CC3=O)N=C(C)C2C(=O)OC(C)CC)cc1OC. The molecular formula is C32H39NO7. The minimum absolute atomic E-state index is 0.0310. The van der Waals surface area contributed by atoms with Crippen molar-refractivity contribution in [3.63, 3.8) is 0 Å². The maximum Gasteiger partial charge on any atom is 0.315 e. The van der Waals surface area contributed by atoms with Gasteiger partial charge in [0.15, 0.2) is 28.8 Å². The lowest BCUT2D eigenvalue weighted by Crippen LogP contribution is -2.39. The molecule has 4 rings (SSSR count). The molecule has 1 aliphatic heterocycles. The Labute approximate surface area is 236 Å². The molecule has 1 heterocycles. The van der Waals surface area contributed by atoms with Gasteiger partial charge in [0.1, 0.15) is 5.92 Å². The van der Waals surface area contributed by atoms with Crippen LogP contribution < -0.4 is 18.9 Å². The van der Waals surface area contributed by atoms with Gasteiger partial charge in [-0.05, 0) is 74.9 Å². The standard InChI is InChI=1S/C32H39NO7/c1-8-18(3)40-32(35)29-19(4)33-23-14-22(20-10-12-25(36-5)27(16-20)37-6)15-24(34)31(23)30(29)21-11-13-26(39-9-2)28(17-21)38-7/h10-13,16-18,22,29-30H,8-9,14-15H2,1-7H3. The van der Waals surface area contributed by atoms with Gasteiger partial charge < -0.3 is 23.7 Å². The molecule has 8 heteroatoms. The number of nitrogens with zero attached hydrogens (tertiary/aromatic N) is 1. The van der Waals surface area contributed by atoms with Gasteiger partial charge in [-0.1, -0.05) is 19.1 Å². The van der Waals surface area contributed by atoms with E-state index in [4.69, 9.17) is 28.7 Å². The summed E-state index contributed by atoms with van der Waals surface area (Å²) in [4.78, 5) is 32.4. The van der Waals surface area contributed by atoms with Gasteiger partial charge >= 0.3 is 5.97 Å². The second-order valence-corrected chi connectivity index (χ2v) is 10.2.